The summed E-state index contributed by atoms with van der Waals surface area (Å²) >= 11 is 0. The van der Waals surface area contributed by atoms with E-state index in [9.17, 15) is 9.59 Å². The lowest BCUT2D eigenvalue weighted by atomic mass is 9.74. The summed E-state index contributed by atoms with van der Waals surface area (Å²) in [6.45, 7) is 5.70. The Morgan fingerprint density at radius 3 is 2.59 bits per heavy atom. The molecule has 1 aliphatic heterocycles. The first kappa shape index (κ1) is 12.4. The van der Waals surface area contributed by atoms with Crippen LogP contribution in [0.4, 0.5) is 4.79 Å². The number of carbonyl (C=O) groups excluding carboxylic acids is 2. The van der Waals surface area contributed by atoms with Crippen LogP contribution in [-0.2, 0) is 14.3 Å². The average Bonchev–Trinajstić information content (AvgIpc) is 2.43. The van der Waals surface area contributed by atoms with Gasteiger partial charge in [0.1, 0.15) is 12.2 Å². The van der Waals surface area contributed by atoms with Gasteiger partial charge in [0.2, 0.25) is 0 Å². The molecule has 0 radical (unpaired) electrons. The van der Waals surface area contributed by atoms with Gasteiger partial charge in [-0.25, -0.2) is 4.79 Å². The minimum absolute atomic E-state index is 0.0655. The summed E-state index contributed by atoms with van der Waals surface area (Å²) in [5, 5.41) is 2.79. The molecule has 96 valence electrons. The van der Waals surface area contributed by atoms with Crippen molar-refractivity contribution in [1.29, 1.82) is 0 Å². The fraction of sp³-hybridized carbons (Fsp3) is 0.833. The molecule has 1 spiro atoms. The molecular weight excluding hydrogens is 222 g/mol. The second kappa shape index (κ2) is 3.98. The number of carbonyl (C=O) groups is 2. The Morgan fingerprint density at radius 1 is 1.47 bits per heavy atom. The molecule has 0 unspecified atom stereocenters. The Kier molecular flexibility index (Phi) is 2.89. The number of hydrogen-bond acceptors (Lipinski definition) is 4. The van der Waals surface area contributed by atoms with E-state index in [4.69, 9.17) is 9.47 Å². The summed E-state index contributed by atoms with van der Waals surface area (Å²) in [6.07, 6.45) is 1.50. The molecule has 0 aromatic rings. The van der Waals surface area contributed by atoms with Gasteiger partial charge in [-0.3, -0.25) is 4.79 Å². The Hall–Kier alpha value is -1.10. The number of rotatable bonds is 1. The topological polar surface area (TPSA) is 64.6 Å². The first-order chi connectivity index (χ1) is 7.78. The van der Waals surface area contributed by atoms with Gasteiger partial charge in [0.15, 0.2) is 5.78 Å². The number of ketones is 1. The average molecular weight is 241 g/mol. The molecule has 5 nitrogen and oxygen atoms in total. The predicted molar refractivity (Wildman–Crippen MR) is 60.7 cm³/mol. The molecule has 5 heteroatoms. The van der Waals surface area contributed by atoms with Crippen molar-refractivity contribution in [2.75, 3.05) is 6.61 Å². The molecule has 1 aliphatic carbocycles. The highest BCUT2D eigenvalue weighted by Gasteiger charge is 2.50. The lowest BCUT2D eigenvalue weighted by Crippen LogP contribution is -2.55. The fourth-order valence-corrected chi connectivity index (χ4v) is 2.37. The lowest BCUT2D eigenvalue weighted by Gasteiger charge is -2.43. The summed E-state index contributed by atoms with van der Waals surface area (Å²) in [4.78, 5) is 22.6. The maximum Gasteiger partial charge on any atom is 0.407 e. The van der Waals surface area contributed by atoms with Gasteiger partial charge in [-0.15, -0.1) is 0 Å². The zero-order valence-electron chi connectivity index (χ0n) is 10.5. The van der Waals surface area contributed by atoms with Crippen LogP contribution in [0.5, 0.6) is 0 Å². The Labute approximate surface area is 101 Å². The first-order valence-corrected chi connectivity index (χ1v) is 5.93. The second-order valence-electron chi connectivity index (χ2n) is 5.94. The summed E-state index contributed by atoms with van der Waals surface area (Å²) in [5.74, 6) is 0.153. The summed E-state index contributed by atoms with van der Waals surface area (Å²) in [6, 6.07) is 0.0655. The summed E-state index contributed by atoms with van der Waals surface area (Å²) in [7, 11) is 0. The van der Waals surface area contributed by atoms with Crippen LogP contribution >= 0.6 is 0 Å². The molecule has 0 aromatic heterocycles. The van der Waals surface area contributed by atoms with Crippen LogP contribution in [0.2, 0.25) is 0 Å². The van der Waals surface area contributed by atoms with E-state index < -0.39 is 11.7 Å². The predicted octanol–water partition coefficient (Wildman–Crippen LogP) is 1.40. The normalized spacial score (nSPS) is 32.4. The third kappa shape index (κ3) is 2.97. The SMILES string of the molecule is CC(C)(C)OC(=O)NC1CC2(CC(=O)CO2)C1. The van der Waals surface area contributed by atoms with Crippen LogP contribution < -0.4 is 5.32 Å². The minimum atomic E-state index is -0.481. The molecule has 17 heavy (non-hydrogen) atoms. The number of hydrogen-bond donors (Lipinski definition) is 1. The van der Waals surface area contributed by atoms with E-state index in [0.29, 0.717) is 19.3 Å². The molecule has 1 amide bonds. The highest BCUT2D eigenvalue weighted by molar-refractivity contribution is 5.83. The monoisotopic (exact) mass is 241 g/mol. The van der Waals surface area contributed by atoms with Crippen LogP contribution in [0, 0.1) is 0 Å². The van der Waals surface area contributed by atoms with Gasteiger partial charge >= 0.3 is 6.09 Å². The van der Waals surface area contributed by atoms with Crippen LogP contribution in [0.1, 0.15) is 40.0 Å². The van der Waals surface area contributed by atoms with Crippen molar-refractivity contribution < 1.29 is 19.1 Å². The Balaban J connectivity index is 1.74. The zero-order valence-corrected chi connectivity index (χ0v) is 10.5. The quantitative estimate of drug-likeness (QED) is 0.753. The van der Waals surface area contributed by atoms with Crippen LogP contribution in [0.3, 0.4) is 0 Å². The van der Waals surface area contributed by atoms with E-state index in [0.717, 1.165) is 0 Å². The van der Waals surface area contributed by atoms with E-state index in [1.807, 2.05) is 20.8 Å². The van der Waals surface area contributed by atoms with E-state index in [1.165, 1.54) is 0 Å². The fourth-order valence-electron chi connectivity index (χ4n) is 2.37. The first-order valence-electron chi connectivity index (χ1n) is 5.93. The van der Waals surface area contributed by atoms with E-state index in [1.54, 1.807) is 0 Å². The number of nitrogens with one attached hydrogen (secondary N) is 1. The van der Waals surface area contributed by atoms with Crippen molar-refractivity contribution >= 4 is 11.9 Å². The molecule has 2 fully saturated rings. The van der Waals surface area contributed by atoms with Crippen LogP contribution in [0.15, 0.2) is 0 Å². The molecule has 1 saturated heterocycles. The van der Waals surface area contributed by atoms with Gasteiger partial charge in [-0.05, 0) is 33.6 Å². The number of amides is 1. The van der Waals surface area contributed by atoms with Gasteiger partial charge in [0.05, 0.1) is 5.60 Å². The van der Waals surface area contributed by atoms with Crippen molar-refractivity contribution in [3.63, 3.8) is 0 Å². The van der Waals surface area contributed by atoms with Crippen molar-refractivity contribution in [1.82, 2.24) is 5.32 Å². The van der Waals surface area contributed by atoms with Gasteiger partial charge in [-0.2, -0.15) is 0 Å². The maximum atomic E-state index is 11.5. The molecule has 2 aliphatic rings. The van der Waals surface area contributed by atoms with Crippen molar-refractivity contribution in [2.24, 2.45) is 0 Å². The summed E-state index contributed by atoms with van der Waals surface area (Å²) < 4.78 is 10.6. The van der Waals surface area contributed by atoms with E-state index in [2.05, 4.69) is 5.32 Å². The van der Waals surface area contributed by atoms with Gasteiger partial charge in [-0.1, -0.05) is 0 Å². The maximum absolute atomic E-state index is 11.5. The number of ether oxygens (including phenoxy) is 2. The molecular formula is C12H19NO4. The van der Waals surface area contributed by atoms with Gasteiger partial charge in [0, 0.05) is 12.5 Å². The highest BCUT2D eigenvalue weighted by Crippen LogP contribution is 2.42. The third-order valence-electron chi connectivity index (χ3n) is 3.02. The van der Waals surface area contributed by atoms with Crippen LogP contribution in [-0.4, -0.2) is 35.7 Å². The summed E-state index contributed by atoms with van der Waals surface area (Å²) in [5.41, 5.74) is -0.776. The number of alkyl carbamates (subject to hydrolysis) is 1. The molecule has 2 rings (SSSR count). The van der Waals surface area contributed by atoms with Crippen LogP contribution in [0.25, 0.3) is 0 Å². The standard InChI is InChI=1S/C12H19NO4/c1-11(2,3)17-10(15)13-8-4-12(5-8)6-9(14)7-16-12/h8H,4-7H2,1-3H3,(H,13,15). The van der Waals surface area contributed by atoms with Crippen molar-refractivity contribution in [3.05, 3.63) is 0 Å². The highest BCUT2D eigenvalue weighted by atomic mass is 16.6. The molecule has 0 bridgehead atoms. The van der Waals surface area contributed by atoms with Crippen molar-refractivity contribution in [3.8, 4) is 0 Å². The van der Waals surface area contributed by atoms with Crippen molar-refractivity contribution in [2.45, 2.75) is 57.3 Å². The molecule has 1 heterocycles. The van der Waals surface area contributed by atoms with E-state index in [-0.39, 0.29) is 24.0 Å². The smallest absolute Gasteiger partial charge is 0.407 e. The van der Waals surface area contributed by atoms with E-state index >= 15 is 0 Å². The molecule has 0 atom stereocenters. The molecule has 0 aromatic carbocycles. The largest absolute Gasteiger partial charge is 0.444 e. The third-order valence-corrected chi connectivity index (χ3v) is 3.02. The second-order valence-corrected chi connectivity index (χ2v) is 5.94. The van der Waals surface area contributed by atoms with Gasteiger partial charge in [0.25, 0.3) is 0 Å². The van der Waals surface area contributed by atoms with Gasteiger partial charge < -0.3 is 14.8 Å². The lowest BCUT2D eigenvalue weighted by molar-refractivity contribution is -0.118. The molecule has 1 N–H and O–H groups in total. The molecule has 1 saturated carbocycles. The minimum Gasteiger partial charge on any atom is -0.444 e. The Morgan fingerprint density at radius 2 is 2.12 bits per heavy atom. The Bertz CT molecular complexity index is 339. The zero-order chi connectivity index (χ0) is 12.7. The number of Topliss-reactive ketones (excluding diaryl/α,β-unsaturated/α-hetero) is 1.